The van der Waals surface area contributed by atoms with Crippen LogP contribution in [0.1, 0.15) is 23.0 Å². The fraction of sp³-hybridized carbons (Fsp3) is 0.258. The number of ketones is 1. The summed E-state index contributed by atoms with van der Waals surface area (Å²) >= 11 is 0. The molecule has 0 spiro atoms. The van der Waals surface area contributed by atoms with Crippen molar-refractivity contribution in [3.8, 4) is 11.5 Å². The number of benzene rings is 2. The van der Waals surface area contributed by atoms with E-state index in [4.69, 9.17) is 18.6 Å². The van der Waals surface area contributed by atoms with Gasteiger partial charge in [0.15, 0.2) is 34.5 Å². The number of halogens is 2. The molecule has 4 aromatic rings. The maximum absolute atomic E-state index is 15.2. The number of carbonyl (C=O) groups is 2. The Morgan fingerprint density at radius 3 is 2.41 bits per heavy atom. The SMILES string of the molecule is C=CC(=O)Nc1cc(N2CCOCC2)ccc1Nc1cc2c(NCC)c(C(=O)c3c(F)c(OC)cc(OC)c3F)oc2cn1. The molecule has 2 aromatic heterocycles. The van der Waals surface area contributed by atoms with Crippen LogP contribution in [0.4, 0.5) is 37.3 Å². The van der Waals surface area contributed by atoms with Crippen LogP contribution >= 0.6 is 0 Å². The number of furan rings is 1. The summed E-state index contributed by atoms with van der Waals surface area (Å²) in [5, 5.41) is 9.52. The number of rotatable bonds is 11. The second-order valence-electron chi connectivity index (χ2n) is 9.66. The van der Waals surface area contributed by atoms with Crippen molar-refractivity contribution in [1.29, 1.82) is 0 Å². The van der Waals surface area contributed by atoms with Gasteiger partial charge in [0.25, 0.3) is 0 Å². The molecule has 0 bridgehead atoms. The maximum Gasteiger partial charge on any atom is 0.247 e. The Morgan fingerprint density at radius 1 is 1.07 bits per heavy atom. The lowest BCUT2D eigenvalue weighted by molar-refractivity contribution is -0.111. The van der Waals surface area contributed by atoms with Gasteiger partial charge in [-0.3, -0.25) is 9.59 Å². The van der Waals surface area contributed by atoms with Crippen LogP contribution in [0.25, 0.3) is 11.0 Å². The third-order valence-electron chi connectivity index (χ3n) is 7.02. The molecule has 44 heavy (non-hydrogen) atoms. The molecule has 1 aliphatic heterocycles. The first-order chi connectivity index (χ1) is 21.3. The number of ether oxygens (including phenoxy) is 3. The number of anilines is 5. The van der Waals surface area contributed by atoms with Gasteiger partial charge < -0.3 is 39.5 Å². The molecule has 0 radical (unpaired) electrons. The topological polar surface area (TPSA) is 127 Å². The summed E-state index contributed by atoms with van der Waals surface area (Å²) in [6.45, 7) is 8.34. The largest absolute Gasteiger partial charge is 0.494 e. The molecule has 2 aromatic carbocycles. The van der Waals surface area contributed by atoms with E-state index < -0.39 is 28.9 Å². The summed E-state index contributed by atoms with van der Waals surface area (Å²) in [5.41, 5.74) is 1.49. The number of pyridine rings is 1. The number of hydrogen-bond acceptors (Lipinski definition) is 10. The third kappa shape index (κ3) is 5.86. The third-order valence-corrected chi connectivity index (χ3v) is 7.02. The van der Waals surface area contributed by atoms with E-state index in [9.17, 15) is 9.59 Å². The normalized spacial score (nSPS) is 13.0. The maximum atomic E-state index is 15.2. The minimum absolute atomic E-state index is 0.202. The molecule has 230 valence electrons. The first-order valence-corrected chi connectivity index (χ1v) is 13.8. The van der Waals surface area contributed by atoms with Crippen molar-refractivity contribution in [1.82, 2.24) is 4.98 Å². The fourth-order valence-electron chi connectivity index (χ4n) is 4.87. The summed E-state index contributed by atoms with van der Waals surface area (Å²) in [6, 6.07) is 8.22. The molecular weight excluding hydrogens is 576 g/mol. The first-order valence-electron chi connectivity index (χ1n) is 13.8. The molecule has 0 atom stereocenters. The molecular formula is C31H31F2N5O6. The van der Waals surface area contributed by atoms with Crippen molar-refractivity contribution < 1.29 is 37.0 Å². The van der Waals surface area contributed by atoms with Gasteiger partial charge >= 0.3 is 0 Å². The molecule has 5 rings (SSSR count). The van der Waals surface area contributed by atoms with Crippen molar-refractivity contribution in [2.45, 2.75) is 6.92 Å². The zero-order chi connectivity index (χ0) is 31.4. The molecule has 3 heterocycles. The van der Waals surface area contributed by atoms with Gasteiger partial charge in [-0.15, -0.1) is 0 Å². The van der Waals surface area contributed by atoms with Crippen LogP contribution < -0.4 is 30.3 Å². The predicted octanol–water partition coefficient (Wildman–Crippen LogP) is 5.49. The minimum atomic E-state index is -1.19. The highest BCUT2D eigenvalue weighted by molar-refractivity contribution is 6.15. The highest BCUT2D eigenvalue weighted by Gasteiger charge is 2.31. The number of methoxy groups -OCH3 is 2. The van der Waals surface area contributed by atoms with Crippen LogP contribution in [0.2, 0.25) is 0 Å². The number of carbonyl (C=O) groups excluding carboxylic acids is 2. The summed E-state index contributed by atoms with van der Waals surface area (Å²) in [5.74, 6) is -4.50. The van der Waals surface area contributed by atoms with Crippen LogP contribution in [-0.4, -0.2) is 63.7 Å². The fourth-order valence-corrected chi connectivity index (χ4v) is 4.87. The predicted molar refractivity (Wildman–Crippen MR) is 163 cm³/mol. The zero-order valence-electron chi connectivity index (χ0n) is 24.4. The number of amides is 1. The highest BCUT2D eigenvalue weighted by atomic mass is 19.1. The van der Waals surface area contributed by atoms with E-state index in [-0.39, 0.29) is 28.5 Å². The van der Waals surface area contributed by atoms with Crippen molar-refractivity contribution >= 4 is 51.2 Å². The average Bonchev–Trinajstić information content (AvgIpc) is 3.40. The highest BCUT2D eigenvalue weighted by Crippen LogP contribution is 2.38. The number of nitrogens with zero attached hydrogens (tertiary/aromatic N) is 2. The van der Waals surface area contributed by atoms with E-state index in [2.05, 4.69) is 32.4 Å². The molecule has 11 nitrogen and oxygen atoms in total. The lowest BCUT2D eigenvalue weighted by Crippen LogP contribution is -2.36. The Bertz CT molecular complexity index is 1710. The van der Waals surface area contributed by atoms with Crippen LogP contribution in [0.5, 0.6) is 11.5 Å². The van der Waals surface area contributed by atoms with Gasteiger partial charge in [-0.2, -0.15) is 0 Å². The van der Waals surface area contributed by atoms with E-state index in [1.54, 1.807) is 13.0 Å². The second-order valence-corrected chi connectivity index (χ2v) is 9.66. The van der Waals surface area contributed by atoms with E-state index >= 15 is 8.78 Å². The minimum Gasteiger partial charge on any atom is -0.494 e. The monoisotopic (exact) mass is 607 g/mol. The van der Waals surface area contributed by atoms with Crippen LogP contribution in [0.15, 0.2) is 53.6 Å². The van der Waals surface area contributed by atoms with Crippen molar-refractivity contribution in [2.75, 3.05) is 67.9 Å². The molecule has 0 saturated carbocycles. The quantitative estimate of drug-likeness (QED) is 0.149. The summed E-state index contributed by atoms with van der Waals surface area (Å²) in [4.78, 5) is 32.4. The van der Waals surface area contributed by atoms with Gasteiger partial charge in [-0.25, -0.2) is 13.8 Å². The van der Waals surface area contributed by atoms with Crippen LogP contribution in [0.3, 0.4) is 0 Å². The van der Waals surface area contributed by atoms with Gasteiger partial charge in [0, 0.05) is 36.8 Å². The zero-order valence-corrected chi connectivity index (χ0v) is 24.4. The molecule has 3 N–H and O–H groups in total. The molecule has 1 aliphatic rings. The molecule has 1 fully saturated rings. The number of aromatic nitrogens is 1. The van der Waals surface area contributed by atoms with E-state index in [0.29, 0.717) is 55.4 Å². The summed E-state index contributed by atoms with van der Waals surface area (Å²) < 4.78 is 51.6. The number of fused-ring (bicyclic) bond motifs is 1. The van der Waals surface area contributed by atoms with E-state index in [0.717, 1.165) is 11.8 Å². The van der Waals surface area contributed by atoms with Crippen molar-refractivity contribution in [3.63, 3.8) is 0 Å². The number of nitrogens with one attached hydrogen (secondary N) is 3. The Hall–Kier alpha value is -5.17. The van der Waals surface area contributed by atoms with Crippen molar-refractivity contribution in [3.05, 3.63) is 72.1 Å². The van der Waals surface area contributed by atoms with Crippen LogP contribution in [0, 0.1) is 11.6 Å². The Balaban J connectivity index is 1.54. The van der Waals surface area contributed by atoms with E-state index in [1.807, 2.05) is 18.2 Å². The number of morpholine rings is 1. The molecule has 1 saturated heterocycles. The van der Waals surface area contributed by atoms with Gasteiger partial charge in [-0.05, 0) is 37.3 Å². The lowest BCUT2D eigenvalue weighted by Gasteiger charge is -2.29. The molecule has 0 unspecified atom stereocenters. The lowest BCUT2D eigenvalue weighted by atomic mass is 10.0. The van der Waals surface area contributed by atoms with Crippen LogP contribution in [-0.2, 0) is 9.53 Å². The Morgan fingerprint density at radius 2 is 1.77 bits per heavy atom. The Labute approximate surface area is 251 Å². The van der Waals surface area contributed by atoms with E-state index in [1.165, 1.54) is 26.5 Å². The van der Waals surface area contributed by atoms with Gasteiger partial charge in [0.1, 0.15) is 11.4 Å². The summed E-state index contributed by atoms with van der Waals surface area (Å²) in [6.07, 6.45) is 2.56. The van der Waals surface area contributed by atoms with Gasteiger partial charge in [-0.1, -0.05) is 6.58 Å². The van der Waals surface area contributed by atoms with Gasteiger partial charge in [0.2, 0.25) is 11.7 Å². The smallest absolute Gasteiger partial charge is 0.247 e. The Kier molecular flexibility index (Phi) is 8.95. The second kappa shape index (κ2) is 13.0. The average molecular weight is 608 g/mol. The standard InChI is InChI=1S/C31H31F2N5O6/c1-5-25(39)37-20-13-17(38-9-11-43-12-10-38)7-8-19(20)36-24-14-18-23(16-35-24)44-31(29(18)34-6-2)30(40)26-27(32)21(41-3)15-22(42-4)28(26)33/h5,7-8,13-16,34H,1,6,9-12H2,2-4H3,(H,35,36)(H,37,39). The molecule has 13 heteroatoms. The molecule has 0 aliphatic carbocycles. The molecule has 1 amide bonds. The van der Waals surface area contributed by atoms with Crippen molar-refractivity contribution in [2.24, 2.45) is 0 Å². The van der Waals surface area contributed by atoms with Gasteiger partial charge in [0.05, 0.1) is 50.7 Å². The first kappa shape index (κ1) is 30.3. The number of hydrogen-bond donors (Lipinski definition) is 3. The summed E-state index contributed by atoms with van der Waals surface area (Å²) in [7, 11) is 2.39.